The van der Waals surface area contributed by atoms with Crippen molar-refractivity contribution in [3.63, 3.8) is 0 Å². The van der Waals surface area contributed by atoms with Crippen LogP contribution in [0.5, 0.6) is 5.75 Å². The lowest BCUT2D eigenvalue weighted by Crippen LogP contribution is -2.12. The number of phenolic OH excluding ortho intramolecular Hbond substituents is 1. The van der Waals surface area contributed by atoms with E-state index in [1.165, 1.54) is 0 Å². The fraction of sp³-hybridized carbons (Fsp3) is 0.333. The zero-order chi connectivity index (χ0) is 12.3. The van der Waals surface area contributed by atoms with Gasteiger partial charge in [0, 0.05) is 6.42 Å². The van der Waals surface area contributed by atoms with Crippen molar-refractivity contribution in [1.82, 2.24) is 15.5 Å². The van der Waals surface area contributed by atoms with Crippen LogP contribution in [0.25, 0.3) is 0 Å². The van der Waals surface area contributed by atoms with Crippen LogP contribution in [0.3, 0.4) is 0 Å². The van der Waals surface area contributed by atoms with Gasteiger partial charge in [-0.3, -0.25) is 0 Å². The number of nitrogens with one attached hydrogen (secondary N) is 1. The second-order valence-corrected chi connectivity index (χ2v) is 3.91. The van der Waals surface area contributed by atoms with E-state index in [1.54, 1.807) is 18.2 Å². The van der Waals surface area contributed by atoms with Crippen LogP contribution in [0.4, 0.5) is 0 Å². The lowest BCUT2D eigenvalue weighted by atomic mass is 10.1. The summed E-state index contributed by atoms with van der Waals surface area (Å²) in [7, 11) is 1.84. The first kappa shape index (κ1) is 11.6. The minimum atomic E-state index is 0.0421. The van der Waals surface area contributed by atoms with Crippen LogP contribution in [0, 0.1) is 0 Å². The molecule has 0 aliphatic heterocycles. The van der Waals surface area contributed by atoms with Gasteiger partial charge in [-0.25, -0.2) is 0 Å². The third-order valence-electron chi connectivity index (χ3n) is 2.56. The van der Waals surface area contributed by atoms with Crippen LogP contribution in [0.1, 0.15) is 30.2 Å². The molecular formula is C12H15N3O2. The van der Waals surface area contributed by atoms with Gasteiger partial charge in [0.05, 0.1) is 6.04 Å². The molecule has 0 aliphatic rings. The SMILES string of the molecule is CNC(C)c1nc(Cc2cccc(O)c2)no1. The first-order chi connectivity index (χ1) is 8.19. The largest absolute Gasteiger partial charge is 0.508 e. The molecule has 0 amide bonds. The maximum atomic E-state index is 9.35. The zero-order valence-corrected chi connectivity index (χ0v) is 9.84. The van der Waals surface area contributed by atoms with Crippen molar-refractivity contribution in [3.05, 3.63) is 41.5 Å². The fourth-order valence-electron chi connectivity index (χ4n) is 1.49. The standard InChI is InChI=1S/C12H15N3O2/c1-8(13-2)12-14-11(15-17-12)7-9-4-3-5-10(16)6-9/h3-6,8,13,16H,7H2,1-2H3. The minimum absolute atomic E-state index is 0.0421. The average molecular weight is 233 g/mol. The molecule has 17 heavy (non-hydrogen) atoms. The Morgan fingerprint density at radius 2 is 2.29 bits per heavy atom. The van der Waals surface area contributed by atoms with Crippen molar-refractivity contribution in [1.29, 1.82) is 0 Å². The first-order valence-electron chi connectivity index (χ1n) is 5.46. The van der Waals surface area contributed by atoms with Crippen molar-refractivity contribution in [2.24, 2.45) is 0 Å². The lowest BCUT2D eigenvalue weighted by Gasteiger charge is -2.01. The number of nitrogens with zero attached hydrogens (tertiary/aromatic N) is 2. The summed E-state index contributed by atoms with van der Waals surface area (Å²) < 4.78 is 5.13. The molecule has 0 fully saturated rings. The van der Waals surface area contributed by atoms with E-state index >= 15 is 0 Å². The number of hydrogen-bond acceptors (Lipinski definition) is 5. The Bertz CT molecular complexity index is 496. The van der Waals surface area contributed by atoms with Gasteiger partial charge in [0.25, 0.3) is 0 Å². The molecule has 5 heteroatoms. The summed E-state index contributed by atoms with van der Waals surface area (Å²) in [5.41, 5.74) is 0.953. The molecule has 2 rings (SSSR count). The highest BCUT2D eigenvalue weighted by Crippen LogP contribution is 2.15. The van der Waals surface area contributed by atoms with Gasteiger partial charge in [-0.2, -0.15) is 4.98 Å². The summed E-state index contributed by atoms with van der Waals surface area (Å²) >= 11 is 0. The van der Waals surface area contributed by atoms with Gasteiger partial charge in [0.1, 0.15) is 5.75 Å². The van der Waals surface area contributed by atoms with Crippen molar-refractivity contribution < 1.29 is 9.63 Å². The van der Waals surface area contributed by atoms with E-state index in [-0.39, 0.29) is 11.8 Å². The zero-order valence-electron chi connectivity index (χ0n) is 9.84. The molecule has 1 atom stereocenters. The Morgan fingerprint density at radius 1 is 1.47 bits per heavy atom. The Morgan fingerprint density at radius 3 is 3.00 bits per heavy atom. The second kappa shape index (κ2) is 4.97. The summed E-state index contributed by atoms with van der Waals surface area (Å²) in [5, 5.41) is 16.3. The molecule has 2 aromatic rings. The van der Waals surface area contributed by atoms with Crippen LogP contribution in [0.15, 0.2) is 28.8 Å². The highest BCUT2D eigenvalue weighted by atomic mass is 16.5. The van der Waals surface area contributed by atoms with Gasteiger partial charge < -0.3 is 14.9 Å². The maximum absolute atomic E-state index is 9.35. The van der Waals surface area contributed by atoms with Crippen LogP contribution >= 0.6 is 0 Å². The minimum Gasteiger partial charge on any atom is -0.508 e. The van der Waals surface area contributed by atoms with E-state index in [1.807, 2.05) is 20.0 Å². The van der Waals surface area contributed by atoms with Gasteiger partial charge in [0.15, 0.2) is 5.82 Å². The summed E-state index contributed by atoms with van der Waals surface area (Å²) in [6, 6.07) is 7.07. The van der Waals surface area contributed by atoms with E-state index in [0.717, 1.165) is 5.56 Å². The maximum Gasteiger partial charge on any atom is 0.243 e. The Balaban J connectivity index is 2.11. The fourth-order valence-corrected chi connectivity index (χ4v) is 1.49. The van der Waals surface area contributed by atoms with E-state index in [0.29, 0.717) is 18.1 Å². The predicted octanol–water partition coefficient (Wildman–Crippen LogP) is 1.65. The van der Waals surface area contributed by atoms with Gasteiger partial charge in [-0.1, -0.05) is 17.3 Å². The smallest absolute Gasteiger partial charge is 0.243 e. The molecule has 5 nitrogen and oxygen atoms in total. The van der Waals surface area contributed by atoms with E-state index in [9.17, 15) is 5.11 Å². The Hall–Kier alpha value is -1.88. The van der Waals surface area contributed by atoms with Crippen LogP contribution < -0.4 is 5.32 Å². The normalized spacial score (nSPS) is 12.6. The van der Waals surface area contributed by atoms with E-state index in [4.69, 9.17) is 4.52 Å². The molecule has 90 valence electrons. The van der Waals surface area contributed by atoms with Gasteiger partial charge in [-0.15, -0.1) is 0 Å². The number of phenols is 1. The Kier molecular flexibility index (Phi) is 3.39. The molecule has 1 aromatic carbocycles. The van der Waals surface area contributed by atoms with Gasteiger partial charge >= 0.3 is 0 Å². The van der Waals surface area contributed by atoms with E-state index in [2.05, 4.69) is 15.5 Å². The lowest BCUT2D eigenvalue weighted by molar-refractivity contribution is 0.344. The topological polar surface area (TPSA) is 71.2 Å². The predicted molar refractivity (Wildman–Crippen MR) is 62.7 cm³/mol. The van der Waals surface area contributed by atoms with Crippen LogP contribution in [0.2, 0.25) is 0 Å². The second-order valence-electron chi connectivity index (χ2n) is 3.91. The summed E-state index contributed by atoms with van der Waals surface area (Å²) in [5.74, 6) is 1.44. The van der Waals surface area contributed by atoms with Crippen LogP contribution in [-0.2, 0) is 6.42 Å². The molecule has 0 aliphatic carbocycles. The highest BCUT2D eigenvalue weighted by Gasteiger charge is 2.12. The van der Waals surface area contributed by atoms with Crippen molar-refractivity contribution >= 4 is 0 Å². The highest BCUT2D eigenvalue weighted by molar-refractivity contribution is 5.28. The number of rotatable bonds is 4. The monoisotopic (exact) mass is 233 g/mol. The molecule has 0 saturated heterocycles. The molecule has 0 saturated carbocycles. The van der Waals surface area contributed by atoms with Crippen LogP contribution in [-0.4, -0.2) is 22.3 Å². The molecule has 2 N–H and O–H groups in total. The van der Waals surface area contributed by atoms with Crippen molar-refractivity contribution in [2.45, 2.75) is 19.4 Å². The van der Waals surface area contributed by atoms with Gasteiger partial charge in [0.2, 0.25) is 5.89 Å². The van der Waals surface area contributed by atoms with E-state index < -0.39 is 0 Å². The third-order valence-corrected chi connectivity index (χ3v) is 2.56. The van der Waals surface area contributed by atoms with Gasteiger partial charge in [-0.05, 0) is 31.7 Å². The molecular weight excluding hydrogens is 218 g/mol. The van der Waals surface area contributed by atoms with Crippen molar-refractivity contribution in [2.75, 3.05) is 7.05 Å². The number of benzene rings is 1. The summed E-state index contributed by atoms with van der Waals surface area (Å²) in [6.07, 6.45) is 0.550. The number of hydrogen-bond donors (Lipinski definition) is 2. The summed E-state index contributed by atoms with van der Waals surface area (Å²) in [4.78, 5) is 4.28. The molecule has 0 bridgehead atoms. The molecule has 1 unspecified atom stereocenters. The molecule has 1 heterocycles. The molecule has 0 spiro atoms. The average Bonchev–Trinajstić information content (AvgIpc) is 2.76. The number of aromatic nitrogens is 2. The molecule has 0 radical (unpaired) electrons. The van der Waals surface area contributed by atoms with Crippen molar-refractivity contribution in [3.8, 4) is 5.75 Å². The molecule has 1 aromatic heterocycles. The first-order valence-corrected chi connectivity index (χ1v) is 5.46. The quantitative estimate of drug-likeness (QED) is 0.840. The third kappa shape index (κ3) is 2.82. The Labute approximate surface area is 99.5 Å². The number of aromatic hydroxyl groups is 1. The summed E-state index contributed by atoms with van der Waals surface area (Å²) in [6.45, 7) is 1.95.